The van der Waals surface area contributed by atoms with Crippen LogP contribution < -0.4 is 0 Å². The van der Waals surface area contributed by atoms with Crippen LogP contribution in [0.15, 0.2) is 0 Å². The zero-order chi connectivity index (χ0) is 9.90. The number of ether oxygens (including phenoxy) is 2. The quantitative estimate of drug-likeness (QED) is 0.561. The van der Waals surface area contributed by atoms with Gasteiger partial charge in [0.25, 0.3) is 0 Å². The van der Waals surface area contributed by atoms with E-state index in [1.165, 1.54) is 10.6 Å². The molecule has 1 aliphatic rings. The number of methoxy groups -OCH3 is 1. The van der Waals surface area contributed by atoms with Gasteiger partial charge in [0.15, 0.2) is 0 Å². The Bertz CT molecular complexity index is 245. The van der Waals surface area contributed by atoms with Gasteiger partial charge in [0.05, 0.1) is 25.6 Å². The molecular formula is C7H15NO4S. The molecule has 0 aromatic heterocycles. The van der Waals surface area contributed by atoms with E-state index in [1.54, 1.807) is 7.11 Å². The van der Waals surface area contributed by atoms with Crippen molar-refractivity contribution in [1.82, 2.24) is 4.31 Å². The van der Waals surface area contributed by atoms with Crippen LogP contribution in [0.25, 0.3) is 0 Å². The summed E-state index contributed by atoms with van der Waals surface area (Å²) in [6.07, 6.45) is 1.25. The van der Waals surface area contributed by atoms with Gasteiger partial charge in [-0.3, -0.25) is 0 Å². The number of nitrogens with zero attached hydrogens (tertiary/aromatic N) is 1. The molecule has 0 aromatic carbocycles. The molecule has 6 heteroatoms. The van der Waals surface area contributed by atoms with Crippen LogP contribution in [-0.4, -0.2) is 58.5 Å². The van der Waals surface area contributed by atoms with Gasteiger partial charge in [-0.15, -0.1) is 0 Å². The molecule has 1 heterocycles. The van der Waals surface area contributed by atoms with Crippen LogP contribution in [-0.2, 0) is 19.5 Å². The molecule has 0 atom stereocenters. The fraction of sp³-hybridized carbons (Fsp3) is 1.00. The average molecular weight is 209 g/mol. The highest BCUT2D eigenvalue weighted by Crippen LogP contribution is 2.14. The first-order chi connectivity index (χ1) is 6.04. The average Bonchev–Trinajstić information content (AvgIpc) is 1.91. The maximum atomic E-state index is 10.9. The Labute approximate surface area is 78.7 Å². The van der Waals surface area contributed by atoms with Crippen molar-refractivity contribution in [2.45, 2.75) is 6.10 Å². The van der Waals surface area contributed by atoms with Gasteiger partial charge in [-0.2, -0.15) is 4.31 Å². The van der Waals surface area contributed by atoms with E-state index in [-0.39, 0.29) is 6.10 Å². The molecule has 1 rings (SSSR count). The van der Waals surface area contributed by atoms with Crippen molar-refractivity contribution in [2.75, 3.05) is 39.7 Å². The molecule has 0 amide bonds. The summed E-state index contributed by atoms with van der Waals surface area (Å²) in [5, 5.41) is 0. The Balaban J connectivity index is 2.12. The van der Waals surface area contributed by atoms with E-state index < -0.39 is 10.0 Å². The first-order valence-electron chi connectivity index (χ1n) is 4.09. The van der Waals surface area contributed by atoms with Crippen molar-refractivity contribution < 1.29 is 17.9 Å². The third-order valence-electron chi connectivity index (χ3n) is 1.92. The van der Waals surface area contributed by atoms with Crippen LogP contribution in [0.4, 0.5) is 0 Å². The Hall–Kier alpha value is -0.170. The molecule has 1 fully saturated rings. The summed E-state index contributed by atoms with van der Waals surface area (Å²) in [7, 11) is -1.40. The molecule has 0 spiro atoms. The zero-order valence-electron chi connectivity index (χ0n) is 7.89. The van der Waals surface area contributed by atoms with E-state index in [4.69, 9.17) is 9.47 Å². The van der Waals surface area contributed by atoms with Crippen molar-refractivity contribution in [2.24, 2.45) is 0 Å². The third-order valence-corrected chi connectivity index (χ3v) is 3.16. The van der Waals surface area contributed by atoms with Crippen molar-refractivity contribution in [3.05, 3.63) is 0 Å². The first kappa shape index (κ1) is 10.9. The third kappa shape index (κ3) is 3.22. The van der Waals surface area contributed by atoms with Gasteiger partial charge in [-0.05, 0) is 0 Å². The fourth-order valence-corrected chi connectivity index (χ4v) is 1.95. The molecule has 13 heavy (non-hydrogen) atoms. The van der Waals surface area contributed by atoms with Crippen molar-refractivity contribution in [1.29, 1.82) is 0 Å². The first-order valence-corrected chi connectivity index (χ1v) is 5.94. The molecule has 0 saturated carbocycles. The lowest BCUT2D eigenvalue weighted by Gasteiger charge is -2.36. The maximum Gasteiger partial charge on any atom is 0.211 e. The van der Waals surface area contributed by atoms with E-state index in [1.807, 2.05) is 0 Å². The smallest absolute Gasteiger partial charge is 0.211 e. The lowest BCUT2D eigenvalue weighted by molar-refractivity contribution is -0.0377. The van der Waals surface area contributed by atoms with Crippen molar-refractivity contribution >= 4 is 10.0 Å². The summed E-state index contributed by atoms with van der Waals surface area (Å²) < 4.78 is 33.4. The summed E-state index contributed by atoms with van der Waals surface area (Å²) in [6.45, 7) is 2.03. The predicted molar refractivity (Wildman–Crippen MR) is 48.0 cm³/mol. The number of sulfonamides is 1. The molecule has 1 aliphatic heterocycles. The van der Waals surface area contributed by atoms with Gasteiger partial charge >= 0.3 is 0 Å². The number of rotatable bonds is 5. The van der Waals surface area contributed by atoms with Crippen LogP contribution in [0.3, 0.4) is 0 Å². The van der Waals surface area contributed by atoms with Gasteiger partial charge in [0.1, 0.15) is 0 Å². The Kier molecular flexibility index (Phi) is 3.66. The molecule has 1 saturated heterocycles. The molecule has 5 nitrogen and oxygen atoms in total. The highest BCUT2D eigenvalue weighted by Gasteiger charge is 2.33. The summed E-state index contributed by atoms with van der Waals surface area (Å²) in [6, 6.07) is 0. The monoisotopic (exact) mass is 209 g/mol. The van der Waals surface area contributed by atoms with Crippen molar-refractivity contribution in [3.8, 4) is 0 Å². The van der Waals surface area contributed by atoms with Crippen LogP contribution in [0.5, 0.6) is 0 Å². The normalized spacial score (nSPS) is 20.2. The van der Waals surface area contributed by atoms with Crippen LogP contribution in [0, 0.1) is 0 Å². The summed E-state index contributed by atoms with van der Waals surface area (Å²) in [4.78, 5) is 0. The SMILES string of the molecule is COCCOC1CN(S(C)(=O)=O)C1. The topological polar surface area (TPSA) is 55.8 Å². The minimum Gasteiger partial charge on any atom is -0.382 e. The van der Waals surface area contributed by atoms with E-state index in [9.17, 15) is 8.42 Å². The molecule has 0 radical (unpaired) electrons. The van der Waals surface area contributed by atoms with Gasteiger partial charge in [0.2, 0.25) is 10.0 Å². The second kappa shape index (κ2) is 4.36. The van der Waals surface area contributed by atoms with E-state index in [2.05, 4.69) is 0 Å². The highest BCUT2D eigenvalue weighted by atomic mass is 32.2. The molecule has 78 valence electrons. The second-order valence-corrected chi connectivity index (χ2v) is 5.05. The van der Waals surface area contributed by atoms with Gasteiger partial charge in [-0.1, -0.05) is 0 Å². The lowest BCUT2D eigenvalue weighted by atomic mass is 10.2. The fourth-order valence-electron chi connectivity index (χ4n) is 1.08. The molecule has 0 bridgehead atoms. The van der Waals surface area contributed by atoms with Crippen molar-refractivity contribution in [3.63, 3.8) is 0 Å². The van der Waals surface area contributed by atoms with Gasteiger partial charge < -0.3 is 9.47 Å². The largest absolute Gasteiger partial charge is 0.382 e. The molecule has 0 aromatic rings. The van der Waals surface area contributed by atoms with Crippen LogP contribution in [0.1, 0.15) is 0 Å². The minimum atomic E-state index is -3.01. The molecule has 0 aliphatic carbocycles. The van der Waals surface area contributed by atoms with Gasteiger partial charge in [-0.25, -0.2) is 8.42 Å². The minimum absolute atomic E-state index is 0.0462. The standard InChI is InChI=1S/C7H15NO4S/c1-11-3-4-12-7-5-8(6-7)13(2,9)10/h7H,3-6H2,1-2H3. The zero-order valence-corrected chi connectivity index (χ0v) is 8.71. The Morgan fingerprint density at radius 3 is 2.46 bits per heavy atom. The van der Waals surface area contributed by atoms with Crippen LogP contribution >= 0.6 is 0 Å². The number of hydrogen-bond acceptors (Lipinski definition) is 4. The summed E-state index contributed by atoms with van der Waals surface area (Å²) >= 11 is 0. The Morgan fingerprint density at radius 2 is 2.00 bits per heavy atom. The summed E-state index contributed by atoms with van der Waals surface area (Å²) in [5.74, 6) is 0. The Morgan fingerprint density at radius 1 is 1.38 bits per heavy atom. The van der Waals surface area contributed by atoms with Gasteiger partial charge in [0, 0.05) is 20.2 Å². The molecular weight excluding hydrogens is 194 g/mol. The molecule has 0 N–H and O–H groups in total. The second-order valence-electron chi connectivity index (χ2n) is 3.07. The lowest BCUT2D eigenvalue weighted by Crippen LogP contribution is -2.54. The highest BCUT2D eigenvalue weighted by molar-refractivity contribution is 7.88. The van der Waals surface area contributed by atoms with E-state index >= 15 is 0 Å². The summed E-state index contributed by atoms with van der Waals surface area (Å²) in [5.41, 5.74) is 0. The number of hydrogen-bond donors (Lipinski definition) is 0. The molecule has 0 unspecified atom stereocenters. The van der Waals surface area contributed by atoms with E-state index in [0.29, 0.717) is 26.3 Å². The van der Waals surface area contributed by atoms with E-state index in [0.717, 1.165) is 0 Å². The predicted octanol–water partition coefficient (Wildman–Crippen LogP) is -0.707. The van der Waals surface area contributed by atoms with Crippen LogP contribution in [0.2, 0.25) is 0 Å². The maximum absolute atomic E-state index is 10.9.